The van der Waals surface area contributed by atoms with Crippen LogP contribution in [0, 0.1) is 10.1 Å². The number of aliphatic hydroxyl groups is 1. The number of hydrogen-bond acceptors (Lipinski definition) is 6. The topological polar surface area (TPSA) is 108 Å². The second-order valence-electron chi connectivity index (χ2n) is 3.64. The lowest BCUT2D eigenvalue weighted by atomic mass is 10.0. The van der Waals surface area contributed by atoms with Gasteiger partial charge in [-0.15, -0.1) is 0 Å². The standard InChI is InChI=1S/C10H12N2O5/c11-7(1-2-13)6-3-9-10(17-5-16-9)4-8(6)12(14)15/h3-4,7,13H,1-2,5,11H2/t7-/m1/s1. The summed E-state index contributed by atoms with van der Waals surface area (Å²) < 4.78 is 10.2. The molecular formula is C10H12N2O5. The molecule has 1 aliphatic heterocycles. The highest BCUT2D eigenvalue weighted by molar-refractivity contribution is 5.56. The van der Waals surface area contributed by atoms with Crippen LogP contribution in [-0.2, 0) is 0 Å². The predicted molar refractivity (Wildman–Crippen MR) is 57.9 cm³/mol. The third kappa shape index (κ3) is 2.15. The molecule has 0 amide bonds. The first-order valence-corrected chi connectivity index (χ1v) is 5.08. The molecular weight excluding hydrogens is 228 g/mol. The fraction of sp³-hybridized carbons (Fsp3) is 0.400. The van der Waals surface area contributed by atoms with Crippen molar-refractivity contribution in [1.29, 1.82) is 0 Å². The summed E-state index contributed by atoms with van der Waals surface area (Å²) in [6.45, 7) is -0.0854. The van der Waals surface area contributed by atoms with E-state index in [2.05, 4.69) is 0 Å². The van der Waals surface area contributed by atoms with Crippen LogP contribution in [0.2, 0.25) is 0 Å². The highest BCUT2D eigenvalue weighted by Crippen LogP contribution is 2.40. The number of nitro benzene ring substituents is 1. The molecule has 92 valence electrons. The van der Waals surface area contributed by atoms with Gasteiger partial charge in [0.1, 0.15) is 0 Å². The molecule has 1 aromatic carbocycles. The highest BCUT2D eigenvalue weighted by atomic mass is 16.7. The van der Waals surface area contributed by atoms with Gasteiger partial charge in [-0.25, -0.2) is 0 Å². The Balaban J connectivity index is 2.45. The molecule has 17 heavy (non-hydrogen) atoms. The van der Waals surface area contributed by atoms with E-state index in [-0.39, 0.29) is 25.5 Å². The Morgan fingerprint density at radius 3 is 2.71 bits per heavy atom. The summed E-state index contributed by atoms with van der Waals surface area (Å²) in [5, 5.41) is 19.7. The maximum Gasteiger partial charge on any atom is 0.278 e. The number of benzene rings is 1. The van der Waals surface area contributed by atoms with Crippen LogP contribution < -0.4 is 15.2 Å². The van der Waals surface area contributed by atoms with Crippen LogP contribution in [0.1, 0.15) is 18.0 Å². The summed E-state index contributed by atoms with van der Waals surface area (Å²) in [4.78, 5) is 10.4. The van der Waals surface area contributed by atoms with Gasteiger partial charge in [-0.2, -0.15) is 0 Å². The number of nitro groups is 1. The van der Waals surface area contributed by atoms with Gasteiger partial charge in [-0.3, -0.25) is 10.1 Å². The normalized spacial score (nSPS) is 14.7. The summed E-state index contributed by atoms with van der Waals surface area (Å²) in [6.07, 6.45) is 0.250. The van der Waals surface area contributed by atoms with Crippen LogP contribution in [0.4, 0.5) is 5.69 Å². The van der Waals surface area contributed by atoms with Crippen molar-refractivity contribution in [3.05, 3.63) is 27.8 Å². The predicted octanol–water partition coefficient (Wildman–Crippen LogP) is 0.706. The highest BCUT2D eigenvalue weighted by Gasteiger charge is 2.26. The summed E-state index contributed by atoms with van der Waals surface area (Å²) in [7, 11) is 0. The number of fused-ring (bicyclic) bond motifs is 1. The van der Waals surface area contributed by atoms with Crippen molar-refractivity contribution >= 4 is 5.69 Å². The van der Waals surface area contributed by atoms with Gasteiger partial charge in [0, 0.05) is 12.6 Å². The summed E-state index contributed by atoms with van der Waals surface area (Å²) in [5.74, 6) is 0.788. The van der Waals surface area contributed by atoms with Crippen LogP contribution >= 0.6 is 0 Å². The third-order valence-electron chi connectivity index (χ3n) is 2.56. The summed E-state index contributed by atoms with van der Waals surface area (Å²) >= 11 is 0. The molecule has 0 unspecified atom stereocenters. The van der Waals surface area contributed by atoms with Gasteiger partial charge in [-0.1, -0.05) is 0 Å². The average Bonchev–Trinajstić information content (AvgIpc) is 2.74. The maximum atomic E-state index is 10.9. The summed E-state index contributed by atoms with van der Waals surface area (Å²) in [5.41, 5.74) is 6.00. The van der Waals surface area contributed by atoms with Gasteiger partial charge in [0.05, 0.1) is 16.6 Å². The van der Waals surface area contributed by atoms with E-state index in [1.807, 2.05) is 0 Å². The van der Waals surface area contributed by atoms with E-state index >= 15 is 0 Å². The molecule has 2 rings (SSSR count). The Morgan fingerprint density at radius 2 is 2.12 bits per heavy atom. The fourth-order valence-corrected chi connectivity index (χ4v) is 1.70. The van der Waals surface area contributed by atoms with E-state index in [9.17, 15) is 10.1 Å². The van der Waals surface area contributed by atoms with Crippen molar-refractivity contribution in [2.75, 3.05) is 13.4 Å². The minimum absolute atomic E-state index is 0.0468. The molecule has 7 nitrogen and oxygen atoms in total. The zero-order valence-electron chi connectivity index (χ0n) is 8.96. The molecule has 1 heterocycles. The van der Waals surface area contributed by atoms with Crippen LogP contribution in [0.15, 0.2) is 12.1 Å². The minimum Gasteiger partial charge on any atom is -0.454 e. The first-order chi connectivity index (χ1) is 8.13. The Kier molecular flexibility index (Phi) is 3.12. The summed E-state index contributed by atoms with van der Waals surface area (Å²) in [6, 6.07) is 2.20. The van der Waals surface area contributed by atoms with Crippen molar-refractivity contribution in [3.63, 3.8) is 0 Å². The van der Waals surface area contributed by atoms with E-state index < -0.39 is 11.0 Å². The molecule has 0 spiro atoms. The molecule has 7 heteroatoms. The lowest BCUT2D eigenvalue weighted by molar-refractivity contribution is -0.385. The van der Waals surface area contributed by atoms with Crippen LogP contribution in [0.25, 0.3) is 0 Å². The lowest BCUT2D eigenvalue weighted by Gasteiger charge is -2.11. The zero-order valence-corrected chi connectivity index (χ0v) is 8.96. The zero-order chi connectivity index (χ0) is 12.4. The number of ether oxygens (including phenoxy) is 2. The third-order valence-corrected chi connectivity index (χ3v) is 2.56. The van der Waals surface area contributed by atoms with E-state index in [0.29, 0.717) is 17.1 Å². The van der Waals surface area contributed by atoms with Crippen LogP contribution in [0.5, 0.6) is 11.5 Å². The monoisotopic (exact) mass is 240 g/mol. The van der Waals surface area contributed by atoms with E-state index in [1.165, 1.54) is 12.1 Å². The van der Waals surface area contributed by atoms with Crippen LogP contribution in [0.3, 0.4) is 0 Å². The quantitative estimate of drug-likeness (QED) is 0.592. The van der Waals surface area contributed by atoms with E-state index in [1.54, 1.807) is 0 Å². The Bertz CT molecular complexity index is 449. The molecule has 0 aliphatic carbocycles. The molecule has 1 aliphatic rings. The van der Waals surface area contributed by atoms with Crippen molar-refractivity contribution < 1.29 is 19.5 Å². The first-order valence-electron chi connectivity index (χ1n) is 5.08. The fourth-order valence-electron chi connectivity index (χ4n) is 1.70. The Labute approximate surface area is 96.9 Å². The van der Waals surface area contributed by atoms with Crippen molar-refractivity contribution in [2.45, 2.75) is 12.5 Å². The van der Waals surface area contributed by atoms with Crippen LogP contribution in [-0.4, -0.2) is 23.4 Å². The van der Waals surface area contributed by atoms with Gasteiger partial charge in [0.2, 0.25) is 6.79 Å². The number of hydrogen-bond donors (Lipinski definition) is 2. The van der Waals surface area contributed by atoms with E-state index in [4.69, 9.17) is 20.3 Å². The van der Waals surface area contributed by atoms with E-state index in [0.717, 1.165) is 0 Å². The van der Waals surface area contributed by atoms with Gasteiger partial charge in [0.25, 0.3) is 5.69 Å². The molecule has 0 bridgehead atoms. The average molecular weight is 240 g/mol. The molecule has 1 atom stereocenters. The largest absolute Gasteiger partial charge is 0.454 e. The lowest BCUT2D eigenvalue weighted by Crippen LogP contribution is -2.13. The van der Waals surface area contributed by atoms with Gasteiger partial charge in [-0.05, 0) is 12.5 Å². The van der Waals surface area contributed by atoms with Gasteiger partial charge >= 0.3 is 0 Å². The second-order valence-corrected chi connectivity index (χ2v) is 3.64. The number of nitrogens with two attached hydrogens (primary N) is 1. The Morgan fingerprint density at radius 1 is 1.47 bits per heavy atom. The molecule has 3 N–H and O–H groups in total. The SMILES string of the molecule is N[C@H](CCO)c1cc2c(cc1[N+](=O)[O-])OCO2. The molecule has 0 saturated heterocycles. The van der Waals surface area contributed by atoms with Gasteiger partial charge in [0.15, 0.2) is 11.5 Å². The molecule has 0 radical (unpaired) electrons. The molecule has 1 aromatic rings. The molecule has 0 fully saturated rings. The maximum absolute atomic E-state index is 10.9. The molecule has 0 saturated carbocycles. The number of aliphatic hydroxyl groups excluding tert-OH is 1. The van der Waals surface area contributed by atoms with Crippen molar-refractivity contribution in [2.24, 2.45) is 5.73 Å². The van der Waals surface area contributed by atoms with Crippen molar-refractivity contribution in [1.82, 2.24) is 0 Å². The van der Waals surface area contributed by atoms with Crippen molar-refractivity contribution in [3.8, 4) is 11.5 Å². The number of rotatable bonds is 4. The first kappa shape index (κ1) is 11.6. The number of nitrogens with zero attached hydrogens (tertiary/aromatic N) is 1. The molecule has 0 aromatic heterocycles. The minimum atomic E-state index is -0.602. The van der Waals surface area contributed by atoms with Gasteiger partial charge < -0.3 is 20.3 Å². The second kappa shape index (κ2) is 4.56. The smallest absolute Gasteiger partial charge is 0.278 e. The Hall–Kier alpha value is -1.86.